The van der Waals surface area contributed by atoms with Gasteiger partial charge in [0.1, 0.15) is 28.8 Å². The van der Waals surface area contributed by atoms with Gasteiger partial charge in [-0.3, -0.25) is 9.69 Å². The Hall–Kier alpha value is -5.36. The number of halogens is 2. The second-order valence-corrected chi connectivity index (χ2v) is 20.1. The molecule has 1 aliphatic heterocycles. The minimum Gasteiger partial charge on any atom is -0.489 e. The lowest BCUT2D eigenvalue weighted by molar-refractivity contribution is -0.117. The molecule has 2 aromatic heterocycles. The highest BCUT2D eigenvalue weighted by molar-refractivity contribution is 7.99. The molecule has 4 aromatic carbocycles. The van der Waals surface area contributed by atoms with Gasteiger partial charge in [0.15, 0.2) is 10.3 Å². The van der Waals surface area contributed by atoms with E-state index in [1.807, 2.05) is 102 Å². The van der Waals surface area contributed by atoms with Gasteiger partial charge in [-0.1, -0.05) is 100 Å². The van der Waals surface area contributed by atoms with Crippen molar-refractivity contribution in [2.45, 2.75) is 122 Å². The first-order valence-corrected chi connectivity index (χ1v) is 27.8. The Bertz CT molecular complexity index is 2440. The van der Waals surface area contributed by atoms with Gasteiger partial charge in [-0.25, -0.2) is 23.5 Å². The molecule has 0 saturated carbocycles. The fourth-order valence-electron chi connectivity index (χ4n) is 7.92. The fourth-order valence-corrected chi connectivity index (χ4v) is 9.62. The molecular weight excluding hydrogens is 953 g/mol. The number of hydrogen-bond donors (Lipinski definition) is 4. The van der Waals surface area contributed by atoms with Crippen molar-refractivity contribution in [3.05, 3.63) is 96.6 Å². The number of aromatic amines is 2. The van der Waals surface area contributed by atoms with Crippen LogP contribution in [0.3, 0.4) is 0 Å². The number of nitrogens with zero attached hydrogens (tertiary/aromatic N) is 5. The number of amides is 3. The lowest BCUT2D eigenvalue weighted by atomic mass is 10.2. The lowest BCUT2D eigenvalue weighted by Gasteiger charge is -2.34. The van der Waals surface area contributed by atoms with Gasteiger partial charge in [0.25, 0.3) is 0 Å². The molecule has 72 heavy (non-hydrogen) atoms. The third-order valence-electron chi connectivity index (χ3n) is 11.5. The van der Waals surface area contributed by atoms with E-state index in [-0.39, 0.29) is 29.8 Å². The number of piperazine rings is 1. The van der Waals surface area contributed by atoms with Gasteiger partial charge >= 0.3 is 6.03 Å². The number of hydrogen-bond acceptors (Lipinski definition) is 10. The van der Waals surface area contributed by atoms with Gasteiger partial charge in [0.05, 0.1) is 46.5 Å². The molecule has 7 rings (SSSR count). The second-order valence-electron chi connectivity index (χ2n) is 18.0. The summed E-state index contributed by atoms with van der Waals surface area (Å²) >= 11 is 3.48. The van der Waals surface area contributed by atoms with E-state index in [1.54, 1.807) is 28.4 Å². The lowest BCUT2D eigenvalue weighted by Crippen LogP contribution is -2.48. The summed E-state index contributed by atoms with van der Waals surface area (Å²) in [6.07, 6.45) is 8.17. The minimum atomic E-state index is -0.767. The number of rotatable bonds is 25. The van der Waals surface area contributed by atoms with Crippen LogP contribution in [0.4, 0.5) is 25.0 Å². The number of thioether (sulfide) groups is 2. The zero-order valence-corrected chi connectivity index (χ0v) is 45.0. The molecule has 0 aliphatic carbocycles. The Balaban J connectivity index is 0.000000260. The van der Waals surface area contributed by atoms with E-state index in [9.17, 15) is 18.4 Å². The van der Waals surface area contributed by atoms with Crippen molar-refractivity contribution in [3.8, 4) is 11.5 Å². The molecule has 6 aromatic rings. The van der Waals surface area contributed by atoms with E-state index in [1.165, 1.54) is 6.07 Å². The van der Waals surface area contributed by atoms with Gasteiger partial charge in [0.2, 0.25) is 5.91 Å². The van der Waals surface area contributed by atoms with Crippen molar-refractivity contribution < 1.29 is 27.8 Å². The summed E-state index contributed by atoms with van der Waals surface area (Å²) in [5.74, 6) is 1.76. The number of para-hydroxylation sites is 5. The summed E-state index contributed by atoms with van der Waals surface area (Å²) in [5.41, 5.74) is 4.73. The fraction of sp³-hybridized carbons (Fsp3) is 0.491. The van der Waals surface area contributed by atoms with E-state index in [4.69, 9.17) is 9.47 Å². The maximum absolute atomic E-state index is 13.9. The molecule has 0 atom stereocenters. The molecule has 1 fully saturated rings. The van der Waals surface area contributed by atoms with E-state index >= 15 is 0 Å². The van der Waals surface area contributed by atoms with Crippen molar-refractivity contribution in [3.63, 3.8) is 0 Å². The summed E-state index contributed by atoms with van der Waals surface area (Å²) in [6, 6.07) is 24.6. The number of nitrogens with one attached hydrogen (secondary N) is 4. The molecule has 0 spiro atoms. The van der Waals surface area contributed by atoms with Crippen molar-refractivity contribution in [1.82, 2.24) is 34.6 Å². The maximum Gasteiger partial charge on any atom is 0.321 e. The molecule has 1 aliphatic rings. The van der Waals surface area contributed by atoms with E-state index in [0.717, 1.165) is 140 Å². The van der Waals surface area contributed by atoms with Crippen LogP contribution in [-0.2, 0) is 4.79 Å². The summed E-state index contributed by atoms with van der Waals surface area (Å²) < 4.78 is 39.0. The summed E-state index contributed by atoms with van der Waals surface area (Å²) in [5, 5.41) is 7.56. The highest BCUT2D eigenvalue weighted by Crippen LogP contribution is 2.36. The zero-order valence-electron chi connectivity index (χ0n) is 43.4. The zero-order chi connectivity index (χ0) is 51.7. The molecular formula is C55H77F2N9O4S2. The average Bonchev–Trinajstić information content (AvgIpc) is 3.99. The van der Waals surface area contributed by atoms with Crippen LogP contribution in [0, 0.1) is 11.6 Å². The number of ether oxygens (including phenoxy) is 2. The predicted octanol–water partition coefficient (Wildman–Crippen LogP) is 13.1. The van der Waals surface area contributed by atoms with Crippen LogP contribution in [-0.4, -0.2) is 123 Å². The summed E-state index contributed by atoms with van der Waals surface area (Å²) in [4.78, 5) is 48.0. The third kappa shape index (κ3) is 19.6. The topological polar surface area (TPSA) is 144 Å². The van der Waals surface area contributed by atoms with Gasteiger partial charge in [-0.2, -0.15) is 0 Å². The molecule has 13 nitrogen and oxygen atoms in total. The first-order valence-electron chi connectivity index (χ1n) is 25.8. The summed E-state index contributed by atoms with van der Waals surface area (Å²) in [6.45, 7) is 20.4. The first kappa shape index (κ1) is 57.5. The molecule has 0 radical (unpaired) electrons. The quantitative estimate of drug-likeness (QED) is 0.0323. The van der Waals surface area contributed by atoms with Crippen molar-refractivity contribution >= 4 is 68.9 Å². The van der Waals surface area contributed by atoms with Crippen molar-refractivity contribution in [2.75, 3.05) is 74.5 Å². The number of imidazole rings is 2. The number of carbonyl (C=O) groups excluding carboxylic acids is 2. The number of fused-ring (bicyclic) bond motifs is 2. The third-order valence-corrected chi connectivity index (χ3v) is 13.4. The molecule has 3 heterocycles. The number of benzene rings is 4. The number of aromatic nitrogens is 4. The van der Waals surface area contributed by atoms with Crippen LogP contribution in [0.2, 0.25) is 0 Å². The van der Waals surface area contributed by atoms with E-state index < -0.39 is 11.6 Å². The molecule has 3 amide bonds. The smallest absolute Gasteiger partial charge is 0.321 e. The van der Waals surface area contributed by atoms with E-state index in [2.05, 4.69) is 53.4 Å². The summed E-state index contributed by atoms with van der Waals surface area (Å²) in [7, 11) is 0. The molecule has 392 valence electrons. The van der Waals surface area contributed by atoms with Crippen molar-refractivity contribution in [2.24, 2.45) is 0 Å². The molecule has 4 N–H and O–H groups in total. The molecule has 17 heteroatoms. The Morgan fingerprint density at radius 2 is 1.22 bits per heavy atom. The van der Waals surface area contributed by atoms with Crippen LogP contribution in [0.1, 0.15) is 99.8 Å². The van der Waals surface area contributed by atoms with Crippen LogP contribution < -0.4 is 20.1 Å². The van der Waals surface area contributed by atoms with Crippen LogP contribution in [0.15, 0.2) is 95.2 Å². The average molecular weight is 1030 g/mol. The van der Waals surface area contributed by atoms with Gasteiger partial charge < -0.3 is 39.9 Å². The first-order chi connectivity index (χ1) is 34.9. The number of anilines is 2. The Labute approximate surface area is 434 Å². The van der Waals surface area contributed by atoms with Crippen LogP contribution >= 0.6 is 23.5 Å². The highest BCUT2D eigenvalue weighted by Gasteiger charge is 2.22. The standard InChI is InChI=1S/C28H39N5O3S.C25H32F2N4OS.C2H6/c1-20(2)35-24-11-7-12-25(36-21(3)4)27(24)31-26(34)19-33-16-14-32(15-17-33)13-8-18-37-28-29-22-9-5-6-10-23(22)30-28;1-2-3-4-8-15-31(25(32)30-21-14-13-19(26)18-20(21)27)16-9-5-10-17-33-24-28-22-11-6-7-12-23(22)29-24;1-2/h5-7,9-12,20-21H,8,13-19H2,1-4H3,(H,29,30)(H,31,34);6-7,11-14,18H,2-5,8-10,15-17H2,1H3,(H,28,29)(H,30,32);1-2H3. The van der Waals surface area contributed by atoms with Crippen LogP contribution in [0.25, 0.3) is 22.1 Å². The normalized spacial score (nSPS) is 12.9. The predicted molar refractivity (Wildman–Crippen MR) is 294 cm³/mol. The monoisotopic (exact) mass is 1030 g/mol. The number of carbonyl (C=O) groups is 2. The Morgan fingerprint density at radius 1 is 0.681 bits per heavy atom. The van der Waals surface area contributed by atoms with Gasteiger partial charge in [-0.15, -0.1) is 0 Å². The largest absolute Gasteiger partial charge is 0.489 e. The number of H-pyrrole nitrogens is 2. The van der Waals surface area contributed by atoms with E-state index in [0.29, 0.717) is 36.8 Å². The van der Waals surface area contributed by atoms with Crippen molar-refractivity contribution in [1.29, 1.82) is 0 Å². The second kappa shape index (κ2) is 31.3. The Kier molecular flexibility index (Phi) is 25.0. The van der Waals surface area contributed by atoms with Crippen LogP contribution in [0.5, 0.6) is 11.5 Å². The Morgan fingerprint density at radius 3 is 1.76 bits per heavy atom. The van der Waals surface area contributed by atoms with Gasteiger partial charge in [-0.05, 0) is 108 Å². The highest BCUT2D eigenvalue weighted by atomic mass is 32.2. The maximum atomic E-state index is 13.9. The molecule has 1 saturated heterocycles. The minimum absolute atomic E-state index is 0.00203. The SMILES string of the molecule is CC.CC(C)Oc1cccc(OC(C)C)c1NC(=O)CN1CCN(CCCSc2nc3ccccc3[nH]2)CC1.CCCCCCN(CCCCCSc1nc2ccccc2[nH]1)C(=O)Nc1ccc(F)cc1F. The number of unbranched alkanes of at least 4 members (excludes halogenated alkanes) is 5. The van der Waals surface area contributed by atoms with Gasteiger partial charge in [0, 0.05) is 56.8 Å². The number of urea groups is 1. The molecule has 0 unspecified atom stereocenters. The molecule has 0 bridgehead atoms.